The topological polar surface area (TPSA) is 41.5 Å². The van der Waals surface area contributed by atoms with Crippen molar-refractivity contribution in [3.05, 3.63) is 28.2 Å². The fraction of sp³-hybridized carbons (Fsp3) is 0.273. The maximum atomic E-state index is 11.3. The van der Waals surface area contributed by atoms with E-state index in [-0.39, 0.29) is 5.78 Å². The van der Waals surface area contributed by atoms with E-state index >= 15 is 0 Å². The standard InChI is InChI=1S/C11H10Cl2N2O/c12-7-4-5-9(8(13)6-7)14-15-10-2-1-3-11(10)16/h4-6,14H,1-3H2/b15-10-. The van der Waals surface area contributed by atoms with Gasteiger partial charge in [0, 0.05) is 11.4 Å². The number of hydrogen-bond donors (Lipinski definition) is 1. The molecule has 0 atom stereocenters. The normalized spacial score (nSPS) is 18.1. The molecule has 1 aromatic rings. The first-order valence-electron chi connectivity index (χ1n) is 4.97. The van der Waals surface area contributed by atoms with Gasteiger partial charge < -0.3 is 0 Å². The summed E-state index contributed by atoms with van der Waals surface area (Å²) < 4.78 is 0. The molecule has 1 aromatic carbocycles. The van der Waals surface area contributed by atoms with E-state index < -0.39 is 0 Å². The third kappa shape index (κ3) is 2.54. The predicted octanol–water partition coefficient (Wildman–Crippen LogP) is 3.51. The summed E-state index contributed by atoms with van der Waals surface area (Å²) in [6.45, 7) is 0. The van der Waals surface area contributed by atoms with Crippen molar-refractivity contribution in [2.24, 2.45) is 5.10 Å². The highest BCUT2D eigenvalue weighted by atomic mass is 35.5. The second kappa shape index (κ2) is 4.85. The first-order valence-corrected chi connectivity index (χ1v) is 5.73. The Morgan fingerprint density at radius 2 is 2.06 bits per heavy atom. The van der Waals surface area contributed by atoms with Crippen LogP contribution in [-0.2, 0) is 4.79 Å². The molecule has 0 saturated heterocycles. The predicted molar refractivity (Wildman–Crippen MR) is 66.4 cm³/mol. The zero-order valence-corrected chi connectivity index (χ0v) is 9.98. The molecule has 1 N–H and O–H groups in total. The fourth-order valence-corrected chi connectivity index (χ4v) is 1.98. The van der Waals surface area contributed by atoms with Crippen molar-refractivity contribution < 1.29 is 4.79 Å². The smallest absolute Gasteiger partial charge is 0.178 e. The molecule has 0 spiro atoms. The molecular weight excluding hydrogens is 247 g/mol. The Labute approximate surface area is 103 Å². The summed E-state index contributed by atoms with van der Waals surface area (Å²) in [5.74, 6) is 0.109. The fourth-order valence-electron chi connectivity index (χ4n) is 1.53. The van der Waals surface area contributed by atoms with Crippen LogP contribution < -0.4 is 5.43 Å². The van der Waals surface area contributed by atoms with E-state index in [1.165, 1.54) is 0 Å². The van der Waals surface area contributed by atoms with Crippen molar-refractivity contribution in [2.75, 3.05) is 5.43 Å². The molecule has 2 rings (SSSR count). The Morgan fingerprint density at radius 1 is 1.25 bits per heavy atom. The number of nitrogens with one attached hydrogen (secondary N) is 1. The quantitative estimate of drug-likeness (QED) is 0.823. The first kappa shape index (κ1) is 11.4. The summed E-state index contributed by atoms with van der Waals surface area (Å²) in [6, 6.07) is 5.07. The molecule has 0 bridgehead atoms. The lowest BCUT2D eigenvalue weighted by molar-refractivity contribution is -0.112. The van der Waals surface area contributed by atoms with Crippen LogP contribution in [0.3, 0.4) is 0 Å². The Hall–Kier alpha value is -1.06. The minimum Gasteiger partial charge on any atom is -0.293 e. The number of carbonyl (C=O) groups excluding carboxylic acids is 1. The van der Waals surface area contributed by atoms with Crippen LogP contribution in [0.25, 0.3) is 0 Å². The number of halogens is 2. The van der Waals surface area contributed by atoms with Gasteiger partial charge in [0.1, 0.15) is 5.71 Å². The molecule has 0 heterocycles. The molecular formula is C11H10Cl2N2O. The van der Waals surface area contributed by atoms with Crippen LogP contribution in [0.5, 0.6) is 0 Å². The lowest BCUT2D eigenvalue weighted by atomic mass is 10.3. The van der Waals surface area contributed by atoms with Crippen LogP contribution in [0, 0.1) is 0 Å². The SMILES string of the molecule is O=C1CCC/C1=N/Nc1ccc(Cl)cc1Cl. The molecule has 0 unspecified atom stereocenters. The van der Waals surface area contributed by atoms with Crippen molar-refractivity contribution in [1.82, 2.24) is 0 Å². The molecule has 0 radical (unpaired) electrons. The van der Waals surface area contributed by atoms with E-state index in [0.29, 0.717) is 27.9 Å². The van der Waals surface area contributed by atoms with E-state index in [1.54, 1.807) is 18.2 Å². The van der Waals surface area contributed by atoms with Gasteiger partial charge in [0.2, 0.25) is 0 Å². The summed E-state index contributed by atoms with van der Waals surface area (Å²) in [5, 5.41) is 5.11. The second-order valence-electron chi connectivity index (χ2n) is 3.57. The largest absolute Gasteiger partial charge is 0.293 e. The van der Waals surface area contributed by atoms with Crippen molar-refractivity contribution in [1.29, 1.82) is 0 Å². The van der Waals surface area contributed by atoms with Crippen LogP contribution >= 0.6 is 23.2 Å². The van der Waals surface area contributed by atoms with E-state index in [0.717, 1.165) is 12.8 Å². The number of hydrazone groups is 1. The average molecular weight is 257 g/mol. The van der Waals surface area contributed by atoms with Crippen molar-refractivity contribution in [2.45, 2.75) is 19.3 Å². The zero-order valence-electron chi connectivity index (χ0n) is 8.46. The number of anilines is 1. The number of hydrogen-bond acceptors (Lipinski definition) is 3. The Morgan fingerprint density at radius 3 is 2.69 bits per heavy atom. The molecule has 1 fully saturated rings. The first-order chi connectivity index (χ1) is 7.66. The van der Waals surface area contributed by atoms with Crippen molar-refractivity contribution in [3.63, 3.8) is 0 Å². The summed E-state index contributed by atoms with van der Waals surface area (Å²) in [6.07, 6.45) is 2.21. The molecule has 0 aromatic heterocycles. The molecule has 16 heavy (non-hydrogen) atoms. The number of Topliss-reactive ketones (excluding diaryl/α,β-unsaturated/α-hetero) is 1. The molecule has 0 aliphatic heterocycles. The maximum Gasteiger partial charge on any atom is 0.178 e. The van der Waals surface area contributed by atoms with Crippen LogP contribution in [-0.4, -0.2) is 11.5 Å². The van der Waals surface area contributed by atoms with Crippen molar-refractivity contribution in [3.8, 4) is 0 Å². The number of rotatable bonds is 2. The Bertz CT molecular complexity index is 457. The van der Waals surface area contributed by atoms with Gasteiger partial charge in [-0.3, -0.25) is 10.2 Å². The number of benzene rings is 1. The van der Waals surface area contributed by atoms with Gasteiger partial charge >= 0.3 is 0 Å². The minimum absolute atomic E-state index is 0.109. The second-order valence-corrected chi connectivity index (χ2v) is 4.41. The third-order valence-corrected chi connectivity index (χ3v) is 2.93. The van der Waals surface area contributed by atoms with Gasteiger partial charge in [-0.2, -0.15) is 5.10 Å². The minimum atomic E-state index is 0.109. The van der Waals surface area contributed by atoms with E-state index in [1.807, 2.05) is 0 Å². The summed E-state index contributed by atoms with van der Waals surface area (Å²) in [5.41, 5.74) is 4.03. The maximum absolute atomic E-state index is 11.3. The monoisotopic (exact) mass is 256 g/mol. The van der Waals surface area contributed by atoms with Gasteiger partial charge in [0.15, 0.2) is 5.78 Å². The van der Waals surface area contributed by atoms with Crippen LogP contribution in [0.4, 0.5) is 5.69 Å². The summed E-state index contributed by atoms with van der Waals surface area (Å²) >= 11 is 11.7. The van der Waals surface area contributed by atoms with Gasteiger partial charge in [-0.05, 0) is 31.0 Å². The Balaban J connectivity index is 2.12. The molecule has 5 heteroatoms. The number of carbonyl (C=O) groups is 1. The van der Waals surface area contributed by atoms with Crippen molar-refractivity contribution >= 4 is 40.4 Å². The number of ketones is 1. The highest BCUT2D eigenvalue weighted by molar-refractivity contribution is 6.41. The molecule has 1 saturated carbocycles. The number of nitrogens with zero attached hydrogens (tertiary/aromatic N) is 1. The van der Waals surface area contributed by atoms with Gasteiger partial charge in [0.25, 0.3) is 0 Å². The third-order valence-electron chi connectivity index (χ3n) is 2.38. The van der Waals surface area contributed by atoms with E-state index in [2.05, 4.69) is 10.5 Å². The average Bonchev–Trinajstić information content (AvgIpc) is 2.63. The van der Waals surface area contributed by atoms with Crippen LogP contribution in [0.1, 0.15) is 19.3 Å². The highest BCUT2D eigenvalue weighted by Crippen LogP contribution is 2.25. The molecule has 84 valence electrons. The van der Waals surface area contributed by atoms with E-state index in [9.17, 15) is 4.79 Å². The molecule has 1 aliphatic rings. The highest BCUT2D eigenvalue weighted by Gasteiger charge is 2.18. The molecule has 0 amide bonds. The summed E-state index contributed by atoms with van der Waals surface area (Å²) in [4.78, 5) is 11.3. The Kier molecular flexibility index (Phi) is 3.46. The zero-order chi connectivity index (χ0) is 11.5. The van der Waals surface area contributed by atoms with E-state index in [4.69, 9.17) is 23.2 Å². The lowest BCUT2D eigenvalue weighted by Crippen LogP contribution is -2.07. The van der Waals surface area contributed by atoms with Gasteiger partial charge in [-0.25, -0.2) is 0 Å². The van der Waals surface area contributed by atoms with Gasteiger partial charge in [0.05, 0.1) is 10.7 Å². The van der Waals surface area contributed by atoms with Crippen LogP contribution in [0.2, 0.25) is 10.0 Å². The van der Waals surface area contributed by atoms with Gasteiger partial charge in [-0.15, -0.1) is 0 Å². The summed E-state index contributed by atoms with van der Waals surface area (Å²) in [7, 11) is 0. The lowest BCUT2D eigenvalue weighted by Gasteiger charge is -2.04. The van der Waals surface area contributed by atoms with Crippen LogP contribution in [0.15, 0.2) is 23.3 Å². The molecule has 1 aliphatic carbocycles. The molecule has 3 nitrogen and oxygen atoms in total. The van der Waals surface area contributed by atoms with Gasteiger partial charge in [-0.1, -0.05) is 23.2 Å².